The number of amides is 1. The normalized spacial score (nSPS) is 16.0. The molecule has 2 aromatic carbocycles. The fourth-order valence-corrected chi connectivity index (χ4v) is 2.91. The number of benzene rings is 2. The molecule has 0 saturated carbocycles. The Kier molecular flexibility index (Phi) is 3.02. The lowest BCUT2D eigenvalue weighted by molar-refractivity contribution is 0.0956. The number of aromatic nitrogens is 2. The van der Waals surface area contributed by atoms with Crippen molar-refractivity contribution in [1.29, 1.82) is 0 Å². The molecule has 7 nitrogen and oxygen atoms in total. The molecule has 1 amide bonds. The average molecular weight is 323 g/mol. The van der Waals surface area contributed by atoms with Crippen molar-refractivity contribution in [3.8, 4) is 11.5 Å². The molecule has 1 aliphatic rings. The maximum Gasteiger partial charge on any atom is 0.289 e. The molecule has 0 fully saturated rings. The molecule has 0 spiro atoms. The summed E-state index contributed by atoms with van der Waals surface area (Å²) in [7, 11) is 1.45. The lowest BCUT2D eigenvalue weighted by atomic mass is 10.1. The standard InChI is InChI=1S/C17H13N3O4/c1-24-13-7-6-9(8-12(13)21)14-19-16(22)15-18-11-5-3-2-4-10(11)17(23)20(14)15/h2-8,14,21H,1H3,(H,19,22)/t14-/m0/s1. The van der Waals surface area contributed by atoms with E-state index in [1.807, 2.05) is 0 Å². The minimum absolute atomic E-state index is 0.0546. The minimum Gasteiger partial charge on any atom is -0.504 e. The van der Waals surface area contributed by atoms with E-state index < -0.39 is 12.1 Å². The summed E-state index contributed by atoms with van der Waals surface area (Å²) in [6, 6.07) is 11.6. The number of carbonyl (C=O) groups is 1. The van der Waals surface area contributed by atoms with Crippen LogP contribution in [0.1, 0.15) is 22.3 Å². The second-order valence-corrected chi connectivity index (χ2v) is 5.43. The molecule has 1 aliphatic heterocycles. The molecular weight excluding hydrogens is 310 g/mol. The molecule has 120 valence electrons. The summed E-state index contributed by atoms with van der Waals surface area (Å²) >= 11 is 0. The first-order valence-electron chi connectivity index (χ1n) is 7.29. The molecule has 1 aromatic heterocycles. The maximum absolute atomic E-state index is 12.8. The van der Waals surface area contributed by atoms with Crippen LogP contribution >= 0.6 is 0 Å². The van der Waals surface area contributed by atoms with Crippen LogP contribution in [0.4, 0.5) is 0 Å². The lowest BCUT2D eigenvalue weighted by Crippen LogP contribution is -2.28. The topological polar surface area (TPSA) is 93.5 Å². The molecule has 0 unspecified atom stereocenters. The van der Waals surface area contributed by atoms with Gasteiger partial charge in [0, 0.05) is 0 Å². The number of para-hydroxylation sites is 1. The van der Waals surface area contributed by atoms with E-state index in [0.29, 0.717) is 22.2 Å². The number of hydrogen-bond donors (Lipinski definition) is 2. The van der Waals surface area contributed by atoms with Gasteiger partial charge in [0.15, 0.2) is 11.5 Å². The first-order valence-corrected chi connectivity index (χ1v) is 7.29. The Hall–Kier alpha value is -3.35. The monoisotopic (exact) mass is 323 g/mol. The number of phenolic OH excluding ortho intramolecular Hbond substituents is 1. The molecular formula is C17H13N3O4. The van der Waals surface area contributed by atoms with Crippen molar-refractivity contribution < 1.29 is 14.6 Å². The molecule has 0 bridgehead atoms. The number of methoxy groups -OCH3 is 1. The maximum atomic E-state index is 12.8. The number of carbonyl (C=O) groups excluding carboxylic acids is 1. The number of nitrogens with one attached hydrogen (secondary N) is 1. The Labute approximate surface area is 136 Å². The van der Waals surface area contributed by atoms with Crippen LogP contribution < -0.4 is 15.6 Å². The molecule has 3 aromatic rings. The highest BCUT2D eigenvalue weighted by atomic mass is 16.5. The minimum atomic E-state index is -0.728. The number of phenols is 1. The zero-order chi connectivity index (χ0) is 16.8. The first-order chi connectivity index (χ1) is 11.6. The number of fused-ring (bicyclic) bond motifs is 2. The van der Waals surface area contributed by atoms with E-state index in [-0.39, 0.29) is 17.1 Å². The molecule has 0 radical (unpaired) electrons. The van der Waals surface area contributed by atoms with Crippen molar-refractivity contribution in [2.45, 2.75) is 6.17 Å². The van der Waals surface area contributed by atoms with Gasteiger partial charge in [-0.15, -0.1) is 0 Å². The van der Waals surface area contributed by atoms with E-state index in [9.17, 15) is 14.7 Å². The second kappa shape index (κ2) is 5.09. The van der Waals surface area contributed by atoms with Crippen LogP contribution in [0.3, 0.4) is 0 Å². The molecule has 24 heavy (non-hydrogen) atoms. The highest BCUT2D eigenvalue weighted by molar-refractivity contribution is 5.95. The Bertz CT molecular complexity index is 1040. The quantitative estimate of drug-likeness (QED) is 0.743. The zero-order valence-corrected chi connectivity index (χ0v) is 12.7. The highest BCUT2D eigenvalue weighted by Gasteiger charge is 2.33. The summed E-state index contributed by atoms with van der Waals surface area (Å²) in [5, 5.41) is 13.1. The summed E-state index contributed by atoms with van der Waals surface area (Å²) < 4.78 is 6.33. The highest BCUT2D eigenvalue weighted by Crippen LogP contribution is 2.31. The fourth-order valence-electron chi connectivity index (χ4n) is 2.91. The van der Waals surface area contributed by atoms with Gasteiger partial charge in [-0.25, -0.2) is 4.98 Å². The largest absolute Gasteiger partial charge is 0.504 e. The summed E-state index contributed by atoms with van der Waals surface area (Å²) in [6.07, 6.45) is -0.728. The number of rotatable bonds is 2. The number of nitrogens with zero attached hydrogens (tertiary/aromatic N) is 2. The van der Waals surface area contributed by atoms with Crippen molar-refractivity contribution >= 4 is 16.8 Å². The van der Waals surface area contributed by atoms with Crippen molar-refractivity contribution in [1.82, 2.24) is 14.9 Å². The summed E-state index contributed by atoms with van der Waals surface area (Å²) in [5.41, 5.74) is 0.718. The average Bonchev–Trinajstić information content (AvgIpc) is 2.92. The van der Waals surface area contributed by atoms with Gasteiger partial charge in [-0.3, -0.25) is 14.2 Å². The van der Waals surface area contributed by atoms with Crippen molar-refractivity contribution in [2.24, 2.45) is 0 Å². The van der Waals surface area contributed by atoms with E-state index in [0.717, 1.165) is 0 Å². The predicted octanol–water partition coefficient (Wildman–Crippen LogP) is 1.40. The van der Waals surface area contributed by atoms with Gasteiger partial charge in [-0.2, -0.15) is 0 Å². The third-order valence-corrected chi connectivity index (χ3v) is 4.06. The van der Waals surface area contributed by atoms with Crippen LogP contribution in [0.15, 0.2) is 47.3 Å². The van der Waals surface area contributed by atoms with E-state index >= 15 is 0 Å². The van der Waals surface area contributed by atoms with E-state index in [1.165, 1.54) is 17.7 Å². The van der Waals surface area contributed by atoms with Crippen LogP contribution in [0.2, 0.25) is 0 Å². The lowest BCUT2D eigenvalue weighted by Gasteiger charge is -2.15. The molecule has 7 heteroatoms. The number of aromatic hydroxyl groups is 1. The van der Waals surface area contributed by atoms with Gasteiger partial charge in [-0.1, -0.05) is 18.2 Å². The van der Waals surface area contributed by atoms with Gasteiger partial charge in [0.2, 0.25) is 5.82 Å². The summed E-state index contributed by atoms with van der Waals surface area (Å²) in [5.74, 6) is -0.135. The van der Waals surface area contributed by atoms with Crippen LogP contribution in [-0.2, 0) is 0 Å². The smallest absolute Gasteiger partial charge is 0.289 e. The first kappa shape index (κ1) is 14.3. The third-order valence-electron chi connectivity index (χ3n) is 4.06. The van der Waals surface area contributed by atoms with Crippen LogP contribution in [0.25, 0.3) is 10.9 Å². The van der Waals surface area contributed by atoms with E-state index in [1.54, 1.807) is 36.4 Å². The molecule has 0 saturated heterocycles. The number of ether oxygens (including phenoxy) is 1. The zero-order valence-electron chi connectivity index (χ0n) is 12.7. The number of hydrogen-bond acceptors (Lipinski definition) is 5. The predicted molar refractivity (Wildman–Crippen MR) is 86.3 cm³/mol. The van der Waals surface area contributed by atoms with Crippen LogP contribution in [0, 0.1) is 0 Å². The van der Waals surface area contributed by atoms with Crippen LogP contribution in [-0.4, -0.2) is 27.7 Å². The molecule has 0 aliphatic carbocycles. The van der Waals surface area contributed by atoms with Gasteiger partial charge in [0.05, 0.1) is 18.0 Å². The molecule has 4 rings (SSSR count). The summed E-state index contributed by atoms with van der Waals surface area (Å²) in [4.78, 5) is 29.3. The van der Waals surface area contributed by atoms with Gasteiger partial charge in [0.1, 0.15) is 6.17 Å². The van der Waals surface area contributed by atoms with Crippen molar-refractivity contribution in [3.05, 3.63) is 64.2 Å². The Balaban J connectivity index is 1.94. The van der Waals surface area contributed by atoms with Crippen LogP contribution in [0.5, 0.6) is 11.5 Å². The Morgan fingerprint density at radius 3 is 2.75 bits per heavy atom. The molecule has 1 atom stereocenters. The SMILES string of the molecule is COc1ccc([C@H]2NC(=O)c3nc4ccccc4c(=O)n32)cc1O. The Morgan fingerprint density at radius 2 is 2.00 bits per heavy atom. The third kappa shape index (κ3) is 1.95. The molecule has 2 N–H and O–H groups in total. The molecule has 2 heterocycles. The van der Waals surface area contributed by atoms with Crippen molar-refractivity contribution in [3.63, 3.8) is 0 Å². The fraction of sp³-hybridized carbons (Fsp3) is 0.118. The van der Waals surface area contributed by atoms with Gasteiger partial charge < -0.3 is 15.2 Å². The van der Waals surface area contributed by atoms with Gasteiger partial charge in [0.25, 0.3) is 11.5 Å². The van der Waals surface area contributed by atoms with E-state index in [4.69, 9.17) is 4.74 Å². The van der Waals surface area contributed by atoms with Gasteiger partial charge in [-0.05, 0) is 29.8 Å². The van der Waals surface area contributed by atoms with Crippen molar-refractivity contribution in [2.75, 3.05) is 7.11 Å². The van der Waals surface area contributed by atoms with E-state index in [2.05, 4.69) is 10.3 Å². The van der Waals surface area contributed by atoms with Gasteiger partial charge >= 0.3 is 0 Å². The Morgan fingerprint density at radius 1 is 1.21 bits per heavy atom. The summed E-state index contributed by atoms with van der Waals surface area (Å²) in [6.45, 7) is 0. The second-order valence-electron chi connectivity index (χ2n) is 5.43.